The third-order valence-corrected chi connectivity index (χ3v) is 4.50. The van der Waals surface area contributed by atoms with E-state index in [2.05, 4.69) is 0 Å². The number of hydroxylamine groups is 3. The van der Waals surface area contributed by atoms with Crippen molar-refractivity contribution in [2.24, 2.45) is 0 Å². The van der Waals surface area contributed by atoms with Crippen LogP contribution in [0.4, 0.5) is 17.6 Å². The number of amidine groups is 1. The van der Waals surface area contributed by atoms with Crippen molar-refractivity contribution < 1.29 is 27.5 Å². The molecule has 0 amide bonds. The largest absolute Gasteiger partial charge is 0.714 e. The zero-order valence-corrected chi connectivity index (χ0v) is 12.7. The minimum absolute atomic E-state index is 0.0203. The van der Waals surface area contributed by atoms with Gasteiger partial charge in [0.1, 0.15) is 22.7 Å². The van der Waals surface area contributed by atoms with Gasteiger partial charge in [0.05, 0.1) is 0 Å². The van der Waals surface area contributed by atoms with Crippen molar-refractivity contribution in [1.82, 2.24) is 5.06 Å². The van der Waals surface area contributed by atoms with Crippen LogP contribution < -0.4 is 0 Å². The van der Waals surface area contributed by atoms with Crippen molar-refractivity contribution in [1.29, 1.82) is 5.26 Å². The number of nitriles is 1. The number of benzene rings is 1. The maximum atomic E-state index is 14.1. The molecule has 1 aliphatic heterocycles. The highest BCUT2D eigenvalue weighted by atomic mass is 19.2. The Balaban J connectivity index is 2.90. The Labute approximate surface area is 129 Å². The maximum Gasteiger partial charge on any atom is 0.323 e. The zero-order chi connectivity index (χ0) is 17.9. The third-order valence-electron chi connectivity index (χ3n) is 4.50. The van der Waals surface area contributed by atoms with Gasteiger partial charge in [0.25, 0.3) is 0 Å². The molecule has 23 heavy (non-hydrogen) atoms. The Kier molecular flexibility index (Phi) is 3.57. The summed E-state index contributed by atoms with van der Waals surface area (Å²) in [6.07, 6.45) is 0. The van der Waals surface area contributed by atoms with Gasteiger partial charge >= 0.3 is 5.84 Å². The van der Waals surface area contributed by atoms with E-state index in [-0.39, 0.29) is 9.80 Å². The average Bonchev–Trinajstić information content (AvgIpc) is 2.58. The van der Waals surface area contributed by atoms with Crippen LogP contribution in [-0.2, 0) is 5.21 Å². The smallest absolute Gasteiger partial charge is 0.323 e. The van der Waals surface area contributed by atoms with Crippen LogP contribution in [0.25, 0.3) is 0 Å². The molecular weight excluding hydrogens is 318 g/mol. The highest BCUT2D eigenvalue weighted by Crippen LogP contribution is 2.39. The lowest BCUT2D eigenvalue weighted by Gasteiger charge is -2.32. The topological polar surface area (TPSA) is 73.0 Å². The van der Waals surface area contributed by atoms with E-state index in [0.29, 0.717) is 0 Å². The molecule has 2 rings (SSSR count). The molecule has 1 aliphatic rings. The Hall–Kier alpha value is -2.34. The third kappa shape index (κ3) is 1.91. The Bertz CT molecular complexity index is 752. The quantitative estimate of drug-likeness (QED) is 0.344. The van der Waals surface area contributed by atoms with Crippen molar-refractivity contribution in [3.63, 3.8) is 0 Å². The fourth-order valence-corrected chi connectivity index (χ4v) is 2.24. The highest BCUT2D eigenvalue weighted by molar-refractivity contribution is 5.96. The van der Waals surface area contributed by atoms with Crippen LogP contribution in [0.15, 0.2) is 0 Å². The predicted molar refractivity (Wildman–Crippen MR) is 69.4 cm³/mol. The van der Waals surface area contributed by atoms with E-state index >= 15 is 0 Å². The molecule has 123 valence electrons. The molecule has 0 unspecified atom stereocenters. The van der Waals surface area contributed by atoms with E-state index in [9.17, 15) is 28.0 Å². The second-order valence-corrected chi connectivity index (χ2v) is 6.15. The molecule has 0 N–H and O–H groups in total. The fourth-order valence-electron chi connectivity index (χ4n) is 2.24. The first-order valence-corrected chi connectivity index (χ1v) is 6.49. The van der Waals surface area contributed by atoms with Crippen molar-refractivity contribution >= 4 is 5.84 Å². The Morgan fingerprint density at radius 1 is 1.04 bits per heavy atom. The fraction of sp³-hybridized carbons (Fsp3) is 0.429. The molecule has 0 spiro atoms. The van der Waals surface area contributed by atoms with Gasteiger partial charge < -0.3 is 5.21 Å². The standard InChI is InChI=1S/C14H12F4N3O2/c1-13(2)14(3,4)21(23)12(20(13)22)7-10(17)8(15)6(5-19)9(16)11(7)18/h1-4H3. The van der Waals surface area contributed by atoms with E-state index in [1.165, 1.54) is 27.7 Å². The van der Waals surface area contributed by atoms with Gasteiger partial charge in [-0.1, -0.05) is 5.06 Å². The van der Waals surface area contributed by atoms with Gasteiger partial charge in [0, 0.05) is 5.21 Å². The summed E-state index contributed by atoms with van der Waals surface area (Å²) < 4.78 is 55.7. The molecule has 0 aromatic heterocycles. The van der Waals surface area contributed by atoms with Gasteiger partial charge in [-0.15, -0.1) is 0 Å². The summed E-state index contributed by atoms with van der Waals surface area (Å²) in [5, 5.41) is 33.2. The lowest BCUT2D eigenvalue weighted by atomic mass is 9.84. The monoisotopic (exact) mass is 330 g/mol. The number of hydrogen-bond acceptors (Lipinski definition) is 3. The number of hydrogen-bond donors (Lipinski definition) is 0. The normalized spacial score (nSPS) is 19.2. The number of rotatable bonds is 1. The summed E-state index contributed by atoms with van der Waals surface area (Å²) >= 11 is 0. The molecule has 0 atom stereocenters. The minimum Gasteiger partial charge on any atom is -0.714 e. The van der Waals surface area contributed by atoms with Crippen LogP contribution in [0, 0.1) is 39.8 Å². The van der Waals surface area contributed by atoms with Crippen molar-refractivity contribution in [3.8, 4) is 6.07 Å². The molecule has 1 aromatic carbocycles. The molecule has 1 heterocycles. The number of halogens is 4. The van der Waals surface area contributed by atoms with E-state index in [1.807, 2.05) is 0 Å². The summed E-state index contributed by atoms with van der Waals surface area (Å²) in [7, 11) is 0. The lowest BCUT2D eigenvalue weighted by molar-refractivity contribution is -0.539. The molecule has 0 saturated carbocycles. The molecule has 9 heteroatoms. The zero-order valence-electron chi connectivity index (χ0n) is 12.7. The second-order valence-electron chi connectivity index (χ2n) is 6.15. The first-order valence-electron chi connectivity index (χ1n) is 6.49. The summed E-state index contributed by atoms with van der Waals surface area (Å²) in [6, 6.07) is 0.995. The van der Waals surface area contributed by atoms with Gasteiger partial charge in [0.2, 0.25) is 0 Å². The first-order chi connectivity index (χ1) is 10.4. The van der Waals surface area contributed by atoms with Crippen LogP contribution in [0.2, 0.25) is 0 Å². The summed E-state index contributed by atoms with van der Waals surface area (Å²) in [4.78, 5) is 0. The molecule has 0 bridgehead atoms. The van der Waals surface area contributed by atoms with Gasteiger partial charge in [-0.25, -0.2) is 17.6 Å². The van der Waals surface area contributed by atoms with Crippen molar-refractivity contribution in [2.45, 2.75) is 38.8 Å². The van der Waals surface area contributed by atoms with Gasteiger partial charge in [-0.3, -0.25) is 4.74 Å². The van der Waals surface area contributed by atoms with Crippen LogP contribution in [-0.4, -0.2) is 26.7 Å². The molecule has 1 aromatic rings. The van der Waals surface area contributed by atoms with E-state index < -0.39 is 51.3 Å². The Morgan fingerprint density at radius 3 is 1.78 bits per heavy atom. The summed E-state index contributed by atoms with van der Waals surface area (Å²) in [5.41, 5.74) is -5.74. The highest BCUT2D eigenvalue weighted by Gasteiger charge is 2.61. The summed E-state index contributed by atoms with van der Waals surface area (Å²) in [5.74, 6) is -8.94. The Morgan fingerprint density at radius 2 is 1.48 bits per heavy atom. The van der Waals surface area contributed by atoms with Crippen molar-refractivity contribution in [2.75, 3.05) is 0 Å². The molecule has 0 fully saturated rings. The van der Waals surface area contributed by atoms with Gasteiger partial charge in [-0.05, 0) is 27.7 Å². The van der Waals surface area contributed by atoms with E-state index in [4.69, 9.17) is 5.26 Å². The lowest BCUT2D eigenvalue weighted by Crippen LogP contribution is -2.53. The molecular formula is C14H12F4N3O2. The van der Waals surface area contributed by atoms with Gasteiger partial charge in [-0.2, -0.15) is 5.26 Å². The van der Waals surface area contributed by atoms with Crippen molar-refractivity contribution in [3.05, 3.63) is 39.6 Å². The predicted octanol–water partition coefficient (Wildman–Crippen LogP) is 2.59. The minimum atomic E-state index is -1.97. The van der Waals surface area contributed by atoms with Gasteiger partial charge in [0.15, 0.2) is 28.8 Å². The molecule has 1 radical (unpaired) electrons. The summed E-state index contributed by atoms with van der Waals surface area (Å²) in [6.45, 7) is 5.41. The second kappa shape index (κ2) is 4.83. The van der Waals surface area contributed by atoms with E-state index in [1.54, 1.807) is 0 Å². The van der Waals surface area contributed by atoms with E-state index in [0.717, 1.165) is 6.07 Å². The first kappa shape index (κ1) is 17.0. The number of nitrogens with zero attached hydrogens (tertiary/aromatic N) is 3. The SMILES string of the molecule is CC1(C)N([O])C(c2c(F)c(F)c(C#N)c(F)c2F)=[N+]([O-])C1(C)C. The van der Waals surface area contributed by atoms with Crippen LogP contribution >= 0.6 is 0 Å². The average molecular weight is 330 g/mol. The molecule has 0 saturated heterocycles. The van der Waals surface area contributed by atoms with Crippen LogP contribution in [0.1, 0.15) is 38.8 Å². The van der Waals surface area contributed by atoms with Crippen LogP contribution in [0.5, 0.6) is 0 Å². The van der Waals surface area contributed by atoms with Crippen LogP contribution in [0.3, 0.4) is 0 Å². The maximum absolute atomic E-state index is 14.1. The molecule has 0 aliphatic carbocycles. The molecule has 5 nitrogen and oxygen atoms in total.